The molecule has 0 bridgehead atoms. The number of aryl methyl sites for hydroxylation is 2. The molecule has 0 radical (unpaired) electrons. The van der Waals surface area contributed by atoms with Crippen LogP contribution < -0.4 is 10.6 Å². The summed E-state index contributed by atoms with van der Waals surface area (Å²) in [5, 5.41) is 18.4. The van der Waals surface area contributed by atoms with Gasteiger partial charge in [0.1, 0.15) is 6.04 Å². The van der Waals surface area contributed by atoms with E-state index in [1.807, 2.05) is 13.2 Å². The molecule has 7 nitrogen and oxygen atoms in total. The van der Waals surface area contributed by atoms with E-state index in [1.54, 1.807) is 17.9 Å². The molecule has 1 atom stereocenters. The van der Waals surface area contributed by atoms with Gasteiger partial charge in [-0.15, -0.1) is 0 Å². The number of hydrogen-bond acceptors (Lipinski definition) is 4. The van der Waals surface area contributed by atoms with Crippen LogP contribution in [0.1, 0.15) is 19.0 Å². The number of amides is 2. The summed E-state index contributed by atoms with van der Waals surface area (Å²) >= 11 is 1.54. The first-order valence-corrected chi connectivity index (χ1v) is 7.69. The van der Waals surface area contributed by atoms with Crippen molar-refractivity contribution in [2.45, 2.75) is 25.8 Å². The average molecular weight is 300 g/mol. The van der Waals surface area contributed by atoms with Crippen LogP contribution in [-0.2, 0) is 18.3 Å². The number of hydrogen-bond donors (Lipinski definition) is 3. The van der Waals surface area contributed by atoms with E-state index in [2.05, 4.69) is 15.7 Å². The number of rotatable bonds is 7. The van der Waals surface area contributed by atoms with Gasteiger partial charge in [-0.25, -0.2) is 9.59 Å². The highest BCUT2D eigenvalue weighted by Gasteiger charge is 2.20. The molecule has 3 N–H and O–H groups in total. The molecule has 0 aliphatic heterocycles. The Balaban J connectivity index is 2.63. The number of urea groups is 1. The van der Waals surface area contributed by atoms with Crippen molar-refractivity contribution in [3.05, 3.63) is 11.9 Å². The molecule has 1 unspecified atom stereocenters. The molecule has 8 heteroatoms. The van der Waals surface area contributed by atoms with Crippen LogP contribution >= 0.6 is 11.8 Å². The molecule has 1 heterocycles. The third kappa shape index (κ3) is 4.76. The van der Waals surface area contributed by atoms with E-state index >= 15 is 0 Å². The van der Waals surface area contributed by atoms with Gasteiger partial charge < -0.3 is 15.7 Å². The molecular formula is C12H20N4O3S. The van der Waals surface area contributed by atoms with Crippen LogP contribution in [0.2, 0.25) is 0 Å². The number of aromatic nitrogens is 2. The number of carbonyl (C=O) groups is 2. The third-order valence-electron chi connectivity index (χ3n) is 2.70. The van der Waals surface area contributed by atoms with Gasteiger partial charge in [-0.1, -0.05) is 6.92 Å². The fourth-order valence-electron chi connectivity index (χ4n) is 1.71. The van der Waals surface area contributed by atoms with E-state index in [0.29, 0.717) is 24.3 Å². The molecule has 0 fully saturated rings. The minimum atomic E-state index is -1.03. The van der Waals surface area contributed by atoms with Gasteiger partial charge >= 0.3 is 12.0 Å². The predicted molar refractivity (Wildman–Crippen MR) is 79.2 cm³/mol. The van der Waals surface area contributed by atoms with Gasteiger partial charge in [0.25, 0.3) is 0 Å². The highest BCUT2D eigenvalue weighted by atomic mass is 32.2. The van der Waals surface area contributed by atoms with Crippen molar-refractivity contribution in [2.24, 2.45) is 7.05 Å². The van der Waals surface area contributed by atoms with Crippen LogP contribution in [0, 0.1) is 0 Å². The van der Waals surface area contributed by atoms with Gasteiger partial charge in [-0.05, 0) is 24.9 Å². The molecule has 1 rings (SSSR count). The van der Waals surface area contributed by atoms with E-state index in [0.717, 1.165) is 5.69 Å². The van der Waals surface area contributed by atoms with Crippen LogP contribution in [0.15, 0.2) is 6.20 Å². The zero-order valence-corrected chi connectivity index (χ0v) is 12.7. The lowest BCUT2D eigenvalue weighted by Gasteiger charge is -2.14. The lowest BCUT2D eigenvalue weighted by Crippen LogP contribution is -2.43. The summed E-state index contributed by atoms with van der Waals surface area (Å²) in [7, 11) is 1.76. The SMILES string of the molecule is CCc1nn(C)cc1NC(=O)NC(CCSC)C(=O)O. The van der Waals surface area contributed by atoms with Crippen molar-refractivity contribution in [3.8, 4) is 0 Å². The highest BCUT2D eigenvalue weighted by Crippen LogP contribution is 2.13. The Morgan fingerprint density at radius 1 is 1.55 bits per heavy atom. The Hall–Kier alpha value is -1.70. The lowest BCUT2D eigenvalue weighted by molar-refractivity contribution is -0.139. The number of thioether (sulfide) groups is 1. The molecule has 0 saturated carbocycles. The van der Waals surface area contributed by atoms with Gasteiger partial charge in [0, 0.05) is 13.2 Å². The number of aliphatic carboxylic acids is 1. The Kier molecular flexibility index (Phi) is 6.37. The molecular weight excluding hydrogens is 280 g/mol. The third-order valence-corrected chi connectivity index (χ3v) is 3.35. The lowest BCUT2D eigenvalue weighted by atomic mass is 10.2. The summed E-state index contributed by atoms with van der Waals surface area (Å²) in [5.74, 6) is -0.360. The standard InChI is InChI=1S/C12H20N4O3S/c1-4-8-10(7-16(2)15-8)14-12(19)13-9(11(17)18)5-6-20-3/h7,9H,4-6H2,1-3H3,(H,17,18)(H2,13,14,19). The predicted octanol–water partition coefficient (Wildman–Crippen LogP) is 1.31. The summed E-state index contributed by atoms with van der Waals surface area (Å²) in [6, 6.07) is -1.41. The van der Waals surface area contributed by atoms with Gasteiger partial charge in [-0.2, -0.15) is 16.9 Å². The zero-order chi connectivity index (χ0) is 15.1. The summed E-state index contributed by atoms with van der Waals surface area (Å²) in [6.07, 6.45) is 4.65. The van der Waals surface area contributed by atoms with Crippen LogP contribution in [0.3, 0.4) is 0 Å². The first-order chi connectivity index (χ1) is 9.47. The summed E-state index contributed by atoms with van der Waals surface area (Å²) in [6.45, 7) is 1.93. The van der Waals surface area contributed by atoms with E-state index in [-0.39, 0.29) is 0 Å². The minimum Gasteiger partial charge on any atom is -0.480 e. The Bertz CT molecular complexity index is 475. The van der Waals surface area contributed by atoms with Crippen LogP contribution in [0.4, 0.5) is 10.5 Å². The topological polar surface area (TPSA) is 96.3 Å². The van der Waals surface area contributed by atoms with E-state index < -0.39 is 18.0 Å². The Morgan fingerprint density at radius 3 is 2.80 bits per heavy atom. The molecule has 0 spiro atoms. The maximum Gasteiger partial charge on any atom is 0.326 e. The van der Waals surface area contributed by atoms with E-state index in [4.69, 9.17) is 5.11 Å². The van der Waals surface area contributed by atoms with Crippen molar-refractivity contribution in [1.29, 1.82) is 0 Å². The average Bonchev–Trinajstić information content (AvgIpc) is 2.74. The number of carboxylic acids is 1. The normalized spacial score (nSPS) is 11.9. The summed E-state index contributed by atoms with van der Waals surface area (Å²) in [4.78, 5) is 22.9. The van der Waals surface area contributed by atoms with E-state index in [9.17, 15) is 9.59 Å². The second-order valence-corrected chi connectivity index (χ2v) is 5.27. The van der Waals surface area contributed by atoms with Crippen molar-refractivity contribution in [1.82, 2.24) is 15.1 Å². The van der Waals surface area contributed by atoms with Gasteiger partial charge in [0.15, 0.2) is 0 Å². The summed E-state index contributed by atoms with van der Waals surface area (Å²) < 4.78 is 1.61. The molecule has 0 aliphatic rings. The Labute approximate surface area is 122 Å². The maximum absolute atomic E-state index is 11.8. The molecule has 1 aromatic heterocycles. The second-order valence-electron chi connectivity index (χ2n) is 4.29. The van der Waals surface area contributed by atoms with Crippen LogP contribution in [0.5, 0.6) is 0 Å². The fraction of sp³-hybridized carbons (Fsp3) is 0.583. The largest absolute Gasteiger partial charge is 0.480 e. The van der Waals surface area contributed by atoms with Crippen molar-refractivity contribution >= 4 is 29.4 Å². The first kappa shape index (κ1) is 16.4. The van der Waals surface area contributed by atoms with Crippen LogP contribution in [-0.4, -0.2) is 44.9 Å². The first-order valence-electron chi connectivity index (χ1n) is 6.29. The second kappa shape index (κ2) is 7.78. The van der Waals surface area contributed by atoms with E-state index in [1.165, 1.54) is 11.8 Å². The quantitative estimate of drug-likeness (QED) is 0.705. The van der Waals surface area contributed by atoms with Crippen molar-refractivity contribution in [3.63, 3.8) is 0 Å². The van der Waals surface area contributed by atoms with Crippen molar-refractivity contribution < 1.29 is 14.7 Å². The van der Waals surface area contributed by atoms with Crippen molar-refractivity contribution in [2.75, 3.05) is 17.3 Å². The molecule has 1 aromatic rings. The number of nitrogens with one attached hydrogen (secondary N) is 2. The number of nitrogens with zero attached hydrogens (tertiary/aromatic N) is 2. The molecule has 0 saturated heterocycles. The Morgan fingerprint density at radius 2 is 2.25 bits per heavy atom. The maximum atomic E-state index is 11.8. The number of carboxylic acid groups (broad SMARTS) is 1. The molecule has 20 heavy (non-hydrogen) atoms. The minimum absolute atomic E-state index is 0.387. The zero-order valence-electron chi connectivity index (χ0n) is 11.8. The number of carbonyl (C=O) groups excluding carboxylic acids is 1. The van der Waals surface area contributed by atoms with Gasteiger partial charge in [-0.3, -0.25) is 4.68 Å². The monoisotopic (exact) mass is 300 g/mol. The highest BCUT2D eigenvalue weighted by molar-refractivity contribution is 7.98. The van der Waals surface area contributed by atoms with Gasteiger partial charge in [0.2, 0.25) is 0 Å². The number of anilines is 1. The molecule has 0 aromatic carbocycles. The van der Waals surface area contributed by atoms with Crippen LogP contribution in [0.25, 0.3) is 0 Å². The van der Waals surface area contributed by atoms with Gasteiger partial charge in [0.05, 0.1) is 11.4 Å². The molecule has 112 valence electrons. The molecule has 0 aliphatic carbocycles. The molecule has 2 amide bonds. The smallest absolute Gasteiger partial charge is 0.326 e. The summed E-state index contributed by atoms with van der Waals surface area (Å²) in [5.41, 5.74) is 1.36. The fourth-order valence-corrected chi connectivity index (χ4v) is 2.18.